The number of nitrogens with zero attached hydrogens (tertiary/aromatic N) is 1. The molecule has 0 amide bonds. The van der Waals surface area contributed by atoms with Gasteiger partial charge in [0.1, 0.15) is 16.2 Å². The van der Waals surface area contributed by atoms with Crippen molar-refractivity contribution in [3.05, 3.63) is 62.3 Å². The molecule has 0 N–H and O–H groups in total. The van der Waals surface area contributed by atoms with Crippen molar-refractivity contribution in [2.24, 2.45) is 0 Å². The molecule has 0 radical (unpaired) electrons. The lowest BCUT2D eigenvalue weighted by atomic mass is 9.97. The molecule has 1 aromatic carbocycles. The van der Waals surface area contributed by atoms with Crippen molar-refractivity contribution in [2.75, 3.05) is 0 Å². The van der Waals surface area contributed by atoms with Crippen LogP contribution in [0.15, 0.2) is 39.4 Å². The first-order chi connectivity index (χ1) is 8.95. The molecule has 0 bridgehead atoms. The maximum Gasteiger partial charge on any atom is 0.126 e. The predicted octanol–water partition coefficient (Wildman–Crippen LogP) is 5.23. The van der Waals surface area contributed by atoms with Crippen LogP contribution in [0.4, 0.5) is 8.78 Å². The van der Waals surface area contributed by atoms with Crippen LogP contribution in [0.2, 0.25) is 0 Å². The maximum atomic E-state index is 13.2. The van der Waals surface area contributed by atoms with E-state index in [2.05, 4.69) is 36.8 Å². The maximum absolute atomic E-state index is 13.2. The van der Waals surface area contributed by atoms with Crippen LogP contribution in [-0.2, 0) is 6.42 Å². The first-order valence-electron chi connectivity index (χ1n) is 5.72. The average molecular weight is 391 g/mol. The van der Waals surface area contributed by atoms with E-state index in [1.807, 2.05) is 19.1 Å². The number of benzene rings is 1. The van der Waals surface area contributed by atoms with Crippen LogP contribution in [0.5, 0.6) is 0 Å². The minimum atomic E-state index is -0.552. The molecule has 1 heterocycles. The van der Waals surface area contributed by atoms with Gasteiger partial charge in [-0.2, -0.15) is 0 Å². The molecular formula is C14H11Br2F2N. The minimum absolute atomic E-state index is 0.0491. The highest BCUT2D eigenvalue weighted by Crippen LogP contribution is 2.27. The third-order valence-electron chi connectivity index (χ3n) is 2.77. The third-order valence-corrected chi connectivity index (χ3v) is 3.88. The summed E-state index contributed by atoms with van der Waals surface area (Å²) >= 11 is 6.76. The number of halogens is 4. The smallest absolute Gasteiger partial charge is 0.126 e. The molecule has 1 nitrogen and oxygen atoms in total. The Balaban J connectivity index is 2.25. The Kier molecular flexibility index (Phi) is 4.68. The van der Waals surface area contributed by atoms with Crippen molar-refractivity contribution >= 4 is 31.9 Å². The summed E-state index contributed by atoms with van der Waals surface area (Å²) in [7, 11) is 0. The van der Waals surface area contributed by atoms with Gasteiger partial charge < -0.3 is 0 Å². The van der Waals surface area contributed by atoms with E-state index in [9.17, 15) is 8.78 Å². The van der Waals surface area contributed by atoms with E-state index in [-0.39, 0.29) is 5.92 Å². The van der Waals surface area contributed by atoms with Gasteiger partial charge in [0, 0.05) is 16.5 Å². The molecule has 19 heavy (non-hydrogen) atoms. The number of aromatic nitrogens is 1. The summed E-state index contributed by atoms with van der Waals surface area (Å²) in [6.45, 7) is 1.97. The van der Waals surface area contributed by atoms with Gasteiger partial charge in [-0.05, 0) is 68.1 Å². The first kappa shape index (κ1) is 14.6. The zero-order valence-electron chi connectivity index (χ0n) is 10.1. The van der Waals surface area contributed by atoms with Gasteiger partial charge >= 0.3 is 0 Å². The lowest BCUT2D eigenvalue weighted by Crippen LogP contribution is -2.03. The van der Waals surface area contributed by atoms with Crippen molar-refractivity contribution in [3.8, 4) is 0 Å². The van der Waals surface area contributed by atoms with Gasteiger partial charge in [-0.3, -0.25) is 0 Å². The van der Waals surface area contributed by atoms with Crippen LogP contribution in [0.1, 0.15) is 24.1 Å². The molecule has 0 unspecified atom stereocenters. The van der Waals surface area contributed by atoms with Crippen LogP contribution in [0.25, 0.3) is 0 Å². The highest BCUT2D eigenvalue weighted by molar-refractivity contribution is 9.11. The standard InChI is InChI=1S/C14H11Br2F2N/c1-8(14-12(15)2-3-13(16)19-14)4-9-5-10(17)7-11(18)6-9/h2-3,5-8H,4H2,1H3/t8-/m0/s1. The van der Waals surface area contributed by atoms with E-state index in [0.29, 0.717) is 12.0 Å². The first-order valence-corrected chi connectivity index (χ1v) is 7.31. The fraction of sp³-hybridized carbons (Fsp3) is 0.214. The Morgan fingerprint density at radius 3 is 2.37 bits per heavy atom. The molecule has 1 atom stereocenters. The van der Waals surface area contributed by atoms with Crippen molar-refractivity contribution < 1.29 is 8.78 Å². The predicted molar refractivity (Wildman–Crippen MR) is 78.1 cm³/mol. The minimum Gasteiger partial charge on any atom is -0.244 e. The summed E-state index contributed by atoms with van der Waals surface area (Å²) in [4.78, 5) is 4.40. The fourth-order valence-electron chi connectivity index (χ4n) is 1.96. The highest BCUT2D eigenvalue weighted by atomic mass is 79.9. The van der Waals surface area contributed by atoms with E-state index in [4.69, 9.17) is 0 Å². The SMILES string of the molecule is C[C@@H](Cc1cc(F)cc(F)c1)c1nc(Br)ccc1Br. The summed E-state index contributed by atoms with van der Waals surface area (Å²) in [6.07, 6.45) is 0.525. The lowest BCUT2D eigenvalue weighted by molar-refractivity contribution is 0.576. The number of hydrogen-bond acceptors (Lipinski definition) is 1. The van der Waals surface area contributed by atoms with E-state index in [1.54, 1.807) is 0 Å². The highest BCUT2D eigenvalue weighted by Gasteiger charge is 2.13. The van der Waals surface area contributed by atoms with Gasteiger partial charge in [-0.1, -0.05) is 6.92 Å². The normalized spacial score (nSPS) is 12.5. The lowest BCUT2D eigenvalue weighted by Gasteiger charge is -2.13. The van der Waals surface area contributed by atoms with Gasteiger partial charge in [0.05, 0.1) is 5.69 Å². The second kappa shape index (κ2) is 6.09. The number of rotatable bonds is 3. The van der Waals surface area contributed by atoms with Crippen molar-refractivity contribution in [2.45, 2.75) is 19.3 Å². The zero-order valence-corrected chi connectivity index (χ0v) is 13.3. The Morgan fingerprint density at radius 1 is 1.11 bits per heavy atom. The van der Waals surface area contributed by atoms with Crippen molar-refractivity contribution in [3.63, 3.8) is 0 Å². The molecular weight excluding hydrogens is 380 g/mol. The van der Waals surface area contributed by atoms with Gasteiger partial charge in [-0.25, -0.2) is 13.8 Å². The van der Waals surface area contributed by atoms with E-state index in [0.717, 1.165) is 20.8 Å². The largest absolute Gasteiger partial charge is 0.244 e. The molecule has 100 valence electrons. The second-order valence-electron chi connectivity index (χ2n) is 4.38. The summed E-state index contributed by atoms with van der Waals surface area (Å²) in [5.41, 5.74) is 1.48. The topological polar surface area (TPSA) is 12.9 Å². The van der Waals surface area contributed by atoms with Gasteiger partial charge in [0.15, 0.2) is 0 Å². The zero-order chi connectivity index (χ0) is 14.0. The second-order valence-corrected chi connectivity index (χ2v) is 6.05. The van der Waals surface area contributed by atoms with Crippen molar-refractivity contribution in [1.82, 2.24) is 4.98 Å². The fourth-order valence-corrected chi connectivity index (χ4v) is 2.89. The van der Waals surface area contributed by atoms with Crippen LogP contribution in [-0.4, -0.2) is 4.98 Å². The van der Waals surface area contributed by atoms with Crippen LogP contribution in [0.3, 0.4) is 0 Å². The Hall–Kier alpha value is -0.810. The summed E-state index contributed by atoms with van der Waals surface area (Å²) < 4.78 is 27.9. The molecule has 0 spiro atoms. The molecule has 2 rings (SSSR count). The van der Waals surface area contributed by atoms with Crippen LogP contribution in [0, 0.1) is 11.6 Å². The third kappa shape index (κ3) is 3.83. The quantitative estimate of drug-likeness (QED) is 0.653. The van der Waals surface area contributed by atoms with Gasteiger partial charge in [0.25, 0.3) is 0 Å². The average Bonchev–Trinajstić information content (AvgIpc) is 2.30. The molecule has 1 aromatic heterocycles. The van der Waals surface area contributed by atoms with Crippen LogP contribution >= 0.6 is 31.9 Å². The van der Waals surface area contributed by atoms with E-state index >= 15 is 0 Å². The molecule has 0 fully saturated rings. The Morgan fingerprint density at radius 2 is 1.74 bits per heavy atom. The molecule has 0 aliphatic carbocycles. The summed E-state index contributed by atoms with van der Waals surface area (Å²) in [5.74, 6) is -1.06. The molecule has 0 aliphatic heterocycles. The Bertz CT molecular complexity index is 582. The van der Waals surface area contributed by atoms with E-state index in [1.165, 1.54) is 12.1 Å². The molecule has 0 saturated carbocycles. The van der Waals surface area contributed by atoms with Gasteiger partial charge in [0.2, 0.25) is 0 Å². The molecule has 5 heteroatoms. The summed E-state index contributed by atoms with van der Waals surface area (Å²) in [6, 6.07) is 7.32. The van der Waals surface area contributed by atoms with Gasteiger partial charge in [-0.15, -0.1) is 0 Å². The van der Waals surface area contributed by atoms with Crippen molar-refractivity contribution in [1.29, 1.82) is 0 Å². The molecule has 2 aromatic rings. The van der Waals surface area contributed by atoms with E-state index < -0.39 is 11.6 Å². The number of pyridine rings is 1. The number of hydrogen-bond donors (Lipinski definition) is 0. The molecule has 0 aliphatic rings. The monoisotopic (exact) mass is 389 g/mol. The molecule has 0 saturated heterocycles. The van der Waals surface area contributed by atoms with Crippen LogP contribution < -0.4 is 0 Å². The summed E-state index contributed by atoms with van der Waals surface area (Å²) in [5, 5.41) is 0. The Labute approximate surface area is 127 Å².